The van der Waals surface area contributed by atoms with Crippen LogP contribution in [0, 0.1) is 11.3 Å². The van der Waals surface area contributed by atoms with Gasteiger partial charge in [0.15, 0.2) is 0 Å². The SMILES string of the molecule is COCCOC(=O)NCCCOc1ccc(Cl)cc1NC(=O)Nc1ccc(C#N)cn1. The van der Waals surface area contributed by atoms with Crippen LogP contribution in [-0.4, -0.2) is 50.6 Å². The van der Waals surface area contributed by atoms with E-state index in [-0.39, 0.29) is 19.0 Å². The van der Waals surface area contributed by atoms with Crippen LogP contribution in [0.5, 0.6) is 5.75 Å². The summed E-state index contributed by atoms with van der Waals surface area (Å²) in [5.74, 6) is 0.694. The Bertz CT molecular complexity index is 917. The van der Waals surface area contributed by atoms with E-state index < -0.39 is 12.1 Å². The Morgan fingerprint density at radius 2 is 2.00 bits per heavy atom. The maximum absolute atomic E-state index is 12.3. The number of ether oxygens (including phenoxy) is 3. The first-order valence-electron chi connectivity index (χ1n) is 9.28. The van der Waals surface area contributed by atoms with Crippen molar-refractivity contribution in [3.05, 3.63) is 47.1 Å². The van der Waals surface area contributed by atoms with Gasteiger partial charge in [0.25, 0.3) is 0 Å². The minimum atomic E-state index is -0.551. The molecule has 31 heavy (non-hydrogen) atoms. The molecule has 10 nitrogen and oxygen atoms in total. The zero-order valence-corrected chi connectivity index (χ0v) is 17.6. The summed E-state index contributed by atoms with van der Waals surface area (Å²) in [7, 11) is 1.52. The number of carbonyl (C=O) groups is 2. The molecule has 0 unspecified atom stereocenters. The summed E-state index contributed by atoms with van der Waals surface area (Å²) in [5.41, 5.74) is 0.750. The molecule has 0 fully saturated rings. The Kier molecular flexibility index (Phi) is 9.87. The van der Waals surface area contributed by atoms with Crippen LogP contribution in [0.2, 0.25) is 5.02 Å². The molecule has 0 saturated carbocycles. The third kappa shape index (κ3) is 8.77. The highest BCUT2D eigenvalue weighted by Crippen LogP contribution is 2.28. The summed E-state index contributed by atoms with van der Waals surface area (Å²) in [4.78, 5) is 27.7. The van der Waals surface area contributed by atoms with Crippen LogP contribution in [-0.2, 0) is 9.47 Å². The largest absolute Gasteiger partial charge is 0.491 e. The third-order valence-corrected chi connectivity index (χ3v) is 3.93. The van der Waals surface area contributed by atoms with Crippen molar-refractivity contribution in [3.8, 4) is 11.8 Å². The molecule has 1 aromatic carbocycles. The van der Waals surface area contributed by atoms with E-state index in [9.17, 15) is 9.59 Å². The Hall–Kier alpha value is -3.55. The number of nitrogens with one attached hydrogen (secondary N) is 3. The predicted octanol–water partition coefficient (Wildman–Crippen LogP) is 3.39. The second-order valence-electron chi connectivity index (χ2n) is 6.02. The highest BCUT2D eigenvalue weighted by Gasteiger charge is 2.10. The number of methoxy groups -OCH3 is 1. The van der Waals surface area contributed by atoms with E-state index in [1.165, 1.54) is 25.4 Å². The minimum absolute atomic E-state index is 0.179. The lowest BCUT2D eigenvalue weighted by atomic mass is 10.3. The number of benzene rings is 1. The fraction of sp³-hybridized carbons (Fsp3) is 0.300. The molecule has 0 aliphatic carbocycles. The first kappa shape index (κ1) is 23.7. The van der Waals surface area contributed by atoms with E-state index in [1.54, 1.807) is 18.2 Å². The number of carbonyl (C=O) groups excluding carboxylic acids is 2. The van der Waals surface area contributed by atoms with Crippen molar-refractivity contribution < 1.29 is 23.8 Å². The Morgan fingerprint density at radius 3 is 2.71 bits per heavy atom. The monoisotopic (exact) mass is 447 g/mol. The van der Waals surface area contributed by atoms with Crippen LogP contribution in [0.1, 0.15) is 12.0 Å². The number of anilines is 2. The van der Waals surface area contributed by atoms with Gasteiger partial charge in [0.1, 0.15) is 24.2 Å². The van der Waals surface area contributed by atoms with Crippen LogP contribution in [0.3, 0.4) is 0 Å². The fourth-order valence-electron chi connectivity index (χ4n) is 2.24. The number of amides is 3. The third-order valence-electron chi connectivity index (χ3n) is 3.69. The number of nitriles is 1. The second kappa shape index (κ2) is 12.9. The van der Waals surface area contributed by atoms with Gasteiger partial charge in [-0.25, -0.2) is 14.6 Å². The smallest absolute Gasteiger partial charge is 0.407 e. The number of pyridine rings is 1. The molecule has 0 radical (unpaired) electrons. The maximum Gasteiger partial charge on any atom is 0.407 e. The fourth-order valence-corrected chi connectivity index (χ4v) is 2.42. The van der Waals surface area contributed by atoms with Gasteiger partial charge in [-0.3, -0.25) is 5.32 Å². The van der Waals surface area contributed by atoms with Gasteiger partial charge in [0.05, 0.1) is 24.5 Å². The molecule has 0 bridgehead atoms. The molecule has 2 aromatic rings. The van der Waals surface area contributed by atoms with Crippen LogP contribution in [0.25, 0.3) is 0 Å². The van der Waals surface area contributed by atoms with Crippen molar-refractivity contribution in [2.24, 2.45) is 0 Å². The average Bonchev–Trinajstić information content (AvgIpc) is 2.75. The maximum atomic E-state index is 12.3. The number of rotatable bonds is 10. The number of hydrogen-bond donors (Lipinski definition) is 3. The van der Waals surface area contributed by atoms with E-state index in [0.29, 0.717) is 41.6 Å². The van der Waals surface area contributed by atoms with E-state index in [0.717, 1.165) is 0 Å². The quantitative estimate of drug-likeness (QED) is 0.475. The Balaban J connectivity index is 1.82. The summed E-state index contributed by atoms with van der Waals surface area (Å²) in [5, 5.41) is 17.0. The summed E-state index contributed by atoms with van der Waals surface area (Å²) in [6.45, 7) is 1.15. The van der Waals surface area contributed by atoms with E-state index in [4.69, 9.17) is 31.1 Å². The highest BCUT2D eigenvalue weighted by molar-refractivity contribution is 6.31. The summed E-state index contributed by atoms with van der Waals surface area (Å²) in [6, 6.07) is 9.26. The van der Waals surface area contributed by atoms with Gasteiger partial charge in [-0.05, 0) is 36.8 Å². The normalized spacial score (nSPS) is 9.97. The molecule has 3 N–H and O–H groups in total. The summed E-state index contributed by atoms with van der Waals surface area (Å²) >= 11 is 6.02. The van der Waals surface area contributed by atoms with Crippen LogP contribution < -0.4 is 20.7 Å². The molecule has 0 atom stereocenters. The molecule has 164 valence electrons. The molecule has 3 amide bonds. The number of nitrogens with zero attached hydrogens (tertiary/aromatic N) is 2. The Labute approximate surface area is 184 Å². The van der Waals surface area contributed by atoms with Crippen molar-refractivity contribution in [1.29, 1.82) is 5.26 Å². The van der Waals surface area contributed by atoms with Crippen molar-refractivity contribution in [2.75, 3.05) is 44.1 Å². The standard InChI is InChI=1S/C20H22ClN5O5/c1-29-9-10-31-20(28)23-7-2-8-30-17-5-4-15(21)11-16(17)25-19(27)26-18-6-3-14(12-22)13-24-18/h3-6,11,13H,2,7-10H2,1H3,(H,23,28)(H2,24,25,26,27). The van der Waals surface area contributed by atoms with Crippen LogP contribution >= 0.6 is 11.6 Å². The first-order valence-corrected chi connectivity index (χ1v) is 9.65. The molecule has 11 heteroatoms. The van der Waals surface area contributed by atoms with Crippen LogP contribution in [0.4, 0.5) is 21.1 Å². The van der Waals surface area contributed by atoms with Gasteiger partial charge < -0.3 is 24.8 Å². The predicted molar refractivity (Wildman–Crippen MR) is 114 cm³/mol. The second-order valence-corrected chi connectivity index (χ2v) is 6.46. The lowest BCUT2D eigenvalue weighted by Crippen LogP contribution is -2.27. The molecular formula is C20H22ClN5O5. The lowest BCUT2D eigenvalue weighted by molar-refractivity contribution is 0.0983. The summed E-state index contributed by atoms with van der Waals surface area (Å²) in [6.07, 6.45) is 1.34. The molecule has 2 rings (SSSR count). The first-order chi connectivity index (χ1) is 15.0. The van der Waals surface area contributed by atoms with Gasteiger partial charge in [0.2, 0.25) is 0 Å². The number of alkyl carbamates (subject to hydrolysis) is 1. The number of aromatic nitrogens is 1. The van der Waals surface area contributed by atoms with Crippen LogP contribution in [0.15, 0.2) is 36.5 Å². The molecule has 1 heterocycles. The van der Waals surface area contributed by atoms with Gasteiger partial charge >= 0.3 is 12.1 Å². The van der Waals surface area contributed by atoms with Crippen molar-refractivity contribution in [1.82, 2.24) is 10.3 Å². The van der Waals surface area contributed by atoms with Gasteiger partial charge in [-0.2, -0.15) is 5.26 Å². The van der Waals surface area contributed by atoms with E-state index in [1.807, 2.05) is 6.07 Å². The number of hydrogen-bond acceptors (Lipinski definition) is 7. The number of halogens is 1. The molecule has 0 saturated heterocycles. The average molecular weight is 448 g/mol. The molecule has 1 aromatic heterocycles. The van der Waals surface area contributed by atoms with Gasteiger partial charge in [0, 0.05) is 24.9 Å². The Morgan fingerprint density at radius 1 is 1.16 bits per heavy atom. The van der Waals surface area contributed by atoms with Crippen molar-refractivity contribution >= 4 is 35.2 Å². The van der Waals surface area contributed by atoms with Gasteiger partial charge in [-0.15, -0.1) is 0 Å². The minimum Gasteiger partial charge on any atom is -0.491 e. The molecule has 0 aliphatic rings. The zero-order chi connectivity index (χ0) is 22.5. The molecule has 0 aliphatic heterocycles. The van der Waals surface area contributed by atoms with E-state index >= 15 is 0 Å². The topological polar surface area (TPSA) is 135 Å². The lowest BCUT2D eigenvalue weighted by Gasteiger charge is -2.14. The van der Waals surface area contributed by atoms with Crippen molar-refractivity contribution in [2.45, 2.75) is 6.42 Å². The number of urea groups is 1. The van der Waals surface area contributed by atoms with Crippen molar-refractivity contribution in [3.63, 3.8) is 0 Å². The summed E-state index contributed by atoms with van der Waals surface area (Å²) < 4.78 is 15.4. The molecular weight excluding hydrogens is 426 g/mol. The van der Waals surface area contributed by atoms with Gasteiger partial charge in [-0.1, -0.05) is 11.6 Å². The molecule has 0 spiro atoms. The van der Waals surface area contributed by atoms with E-state index in [2.05, 4.69) is 20.9 Å². The highest BCUT2D eigenvalue weighted by atomic mass is 35.5. The zero-order valence-electron chi connectivity index (χ0n) is 16.8.